The second-order valence-corrected chi connectivity index (χ2v) is 14.4. The molecule has 3 nitrogen and oxygen atoms in total. The van der Waals surface area contributed by atoms with Crippen LogP contribution < -0.4 is 10.2 Å². The van der Waals surface area contributed by atoms with Gasteiger partial charge in [0.1, 0.15) is 8.24 Å². The number of hydrogen-bond acceptors (Lipinski definition) is 3. The number of benzene rings is 1. The summed E-state index contributed by atoms with van der Waals surface area (Å²) in [7, 11) is 2.73. The Morgan fingerprint density at radius 2 is 1.75 bits per heavy atom. The van der Waals surface area contributed by atoms with Crippen molar-refractivity contribution in [2.45, 2.75) is 32.0 Å². The summed E-state index contributed by atoms with van der Waals surface area (Å²) in [6.45, 7) is 12.6. The third kappa shape index (κ3) is 3.51. The summed E-state index contributed by atoms with van der Waals surface area (Å²) in [6, 6.07) is 9.18. The van der Waals surface area contributed by atoms with E-state index >= 15 is 0 Å². The van der Waals surface area contributed by atoms with Crippen LogP contribution in [0.25, 0.3) is 5.57 Å². The van der Waals surface area contributed by atoms with Crippen LogP contribution in [0.5, 0.6) is 0 Å². The molecule has 4 unspecified atom stereocenters. The van der Waals surface area contributed by atoms with E-state index in [9.17, 15) is 0 Å². The lowest BCUT2D eigenvalue weighted by Gasteiger charge is -2.47. The number of allylic oxidation sites excluding steroid dienone is 4. The van der Waals surface area contributed by atoms with Crippen LogP contribution in [0.1, 0.15) is 18.9 Å². The number of rotatable bonds is 4. The third-order valence-electron chi connectivity index (χ3n) is 7.59. The van der Waals surface area contributed by atoms with Crippen LogP contribution in [0.15, 0.2) is 42.5 Å². The quantitative estimate of drug-likeness (QED) is 0.760. The van der Waals surface area contributed by atoms with Crippen LogP contribution in [-0.2, 0) is 0 Å². The molecule has 0 radical (unpaired) electrons. The van der Waals surface area contributed by atoms with E-state index in [2.05, 4.69) is 91.4 Å². The van der Waals surface area contributed by atoms with Crippen molar-refractivity contribution in [3.05, 3.63) is 48.1 Å². The maximum absolute atomic E-state index is 3.54. The van der Waals surface area contributed by atoms with E-state index in [-0.39, 0.29) is 0 Å². The highest BCUT2D eigenvalue weighted by molar-refractivity contribution is 6.76. The smallest absolute Gasteiger partial charge is 0.126 e. The fraction of sp³-hybridized carbons (Fsp3) is 0.583. The Kier molecular flexibility index (Phi) is 5.56. The normalized spacial score (nSPS) is 30.8. The zero-order valence-electron chi connectivity index (χ0n) is 18.3. The van der Waals surface area contributed by atoms with Gasteiger partial charge in [0.15, 0.2) is 0 Å². The summed E-state index contributed by atoms with van der Waals surface area (Å²) in [6.07, 6.45) is 8.63. The molecular formula is C24H37N3Si. The molecule has 1 N–H and O–H groups in total. The summed E-state index contributed by atoms with van der Waals surface area (Å²) in [5, 5.41) is 3.54. The van der Waals surface area contributed by atoms with Crippen molar-refractivity contribution in [3.63, 3.8) is 0 Å². The third-order valence-corrected chi connectivity index (χ3v) is 12.3. The van der Waals surface area contributed by atoms with E-state index in [0.29, 0.717) is 11.8 Å². The molecule has 0 spiro atoms. The summed E-state index contributed by atoms with van der Waals surface area (Å²) < 4.78 is 2.88. The van der Waals surface area contributed by atoms with Gasteiger partial charge in [0, 0.05) is 46.0 Å². The van der Waals surface area contributed by atoms with Gasteiger partial charge < -0.3 is 14.8 Å². The van der Waals surface area contributed by atoms with Crippen molar-refractivity contribution < 1.29 is 0 Å². The van der Waals surface area contributed by atoms with Crippen LogP contribution in [0.4, 0.5) is 5.69 Å². The molecular weight excluding hydrogens is 358 g/mol. The first-order valence-electron chi connectivity index (χ1n) is 11.0. The molecule has 4 atom stereocenters. The van der Waals surface area contributed by atoms with Crippen molar-refractivity contribution in [1.29, 1.82) is 0 Å². The molecule has 1 aromatic rings. The SMILES string of the molecule is CC1CC2C(c3ccc(N(C)C)cc3)=CC=CC2C1[Si](C)(C)N1CCNCC1. The second kappa shape index (κ2) is 7.81. The zero-order valence-corrected chi connectivity index (χ0v) is 19.3. The Labute approximate surface area is 172 Å². The Morgan fingerprint density at radius 3 is 2.39 bits per heavy atom. The molecule has 0 amide bonds. The molecule has 1 saturated heterocycles. The lowest BCUT2D eigenvalue weighted by molar-refractivity contribution is 0.341. The number of piperazine rings is 1. The highest BCUT2D eigenvalue weighted by atomic mass is 28.3. The van der Waals surface area contributed by atoms with Gasteiger partial charge in [0.2, 0.25) is 0 Å². The van der Waals surface area contributed by atoms with Crippen molar-refractivity contribution >= 4 is 19.5 Å². The lowest BCUT2D eigenvalue weighted by Crippen LogP contribution is -2.60. The summed E-state index contributed by atoms with van der Waals surface area (Å²) in [5.74, 6) is 2.20. The van der Waals surface area contributed by atoms with E-state index in [1.807, 2.05) is 0 Å². The molecule has 152 valence electrons. The Bertz CT molecular complexity index is 744. The maximum Gasteiger partial charge on any atom is 0.126 e. The van der Waals surface area contributed by atoms with Crippen molar-refractivity contribution in [2.24, 2.45) is 17.8 Å². The molecule has 2 aliphatic carbocycles. The van der Waals surface area contributed by atoms with Gasteiger partial charge in [-0.25, -0.2) is 0 Å². The average molecular weight is 396 g/mol. The molecule has 28 heavy (non-hydrogen) atoms. The monoisotopic (exact) mass is 395 g/mol. The van der Waals surface area contributed by atoms with Gasteiger partial charge in [-0.2, -0.15) is 0 Å². The predicted molar refractivity (Wildman–Crippen MR) is 124 cm³/mol. The first-order chi connectivity index (χ1) is 13.4. The van der Waals surface area contributed by atoms with E-state index in [1.165, 1.54) is 30.8 Å². The fourth-order valence-electron chi connectivity index (χ4n) is 6.21. The Morgan fingerprint density at radius 1 is 1.07 bits per heavy atom. The molecule has 4 rings (SSSR count). The molecule has 4 heteroatoms. The van der Waals surface area contributed by atoms with Gasteiger partial charge in [-0.05, 0) is 53.0 Å². The Balaban J connectivity index is 1.59. The van der Waals surface area contributed by atoms with Gasteiger partial charge in [-0.15, -0.1) is 0 Å². The summed E-state index contributed by atoms with van der Waals surface area (Å²) in [5.41, 5.74) is 5.10. The summed E-state index contributed by atoms with van der Waals surface area (Å²) >= 11 is 0. The number of anilines is 1. The molecule has 2 fully saturated rings. The van der Waals surface area contributed by atoms with E-state index in [1.54, 1.807) is 5.57 Å². The van der Waals surface area contributed by atoms with Crippen molar-refractivity contribution in [3.8, 4) is 0 Å². The average Bonchev–Trinajstić information content (AvgIpc) is 3.05. The second-order valence-electron chi connectivity index (χ2n) is 9.76. The predicted octanol–water partition coefficient (Wildman–Crippen LogP) is 4.46. The van der Waals surface area contributed by atoms with Crippen LogP contribution in [-0.4, -0.2) is 53.1 Å². The number of fused-ring (bicyclic) bond motifs is 1. The van der Waals surface area contributed by atoms with Gasteiger partial charge in [-0.1, -0.05) is 50.4 Å². The minimum Gasteiger partial charge on any atom is -0.378 e. The van der Waals surface area contributed by atoms with E-state index in [4.69, 9.17) is 0 Å². The lowest BCUT2D eigenvalue weighted by atomic mass is 9.81. The molecule has 1 heterocycles. The molecule has 0 bridgehead atoms. The fourth-order valence-corrected chi connectivity index (χ4v) is 10.8. The van der Waals surface area contributed by atoms with E-state index < -0.39 is 8.24 Å². The number of nitrogens with zero attached hydrogens (tertiary/aromatic N) is 2. The minimum absolute atomic E-state index is 0.685. The number of nitrogens with one attached hydrogen (secondary N) is 1. The first-order valence-corrected chi connectivity index (χ1v) is 14.0. The van der Waals surface area contributed by atoms with Crippen LogP contribution in [0, 0.1) is 17.8 Å². The topological polar surface area (TPSA) is 18.5 Å². The Hall–Kier alpha value is -1.36. The van der Waals surface area contributed by atoms with Crippen LogP contribution >= 0.6 is 0 Å². The maximum atomic E-state index is 3.54. The van der Waals surface area contributed by atoms with Gasteiger partial charge >= 0.3 is 0 Å². The highest BCUT2D eigenvalue weighted by Crippen LogP contribution is 2.57. The van der Waals surface area contributed by atoms with Crippen LogP contribution in [0.2, 0.25) is 18.6 Å². The van der Waals surface area contributed by atoms with Crippen molar-refractivity contribution in [1.82, 2.24) is 9.88 Å². The molecule has 1 saturated carbocycles. The molecule has 1 aliphatic heterocycles. The van der Waals surface area contributed by atoms with Crippen LogP contribution in [0.3, 0.4) is 0 Å². The van der Waals surface area contributed by atoms with Gasteiger partial charge in [-0.3, -0.25) is 0 Å². The van der Waals surface area contributed by atoms with E-state index in [0.717, 1.165) is 24.5 Å². The minimum atomic E-state index is -1.49. The highest BCUT2D eigenvalue weighted by Gasteiger charge is 2.52. The van der Waals surface area contributed by atoms with Gasteiger partial charge in [0.05, 0.1) is 0 Å². The summed E-state index contributed by atoms with van der Waals surface area (Å²) in [4.78, 5) is 2.18. The van der Waals surface area contributed by atoms with Gasteiger partial charge in [0.25, 0.3) is 0 Å². The molecule has 3 aliphatic rings. The standard InChI is InChI=1S/C24H37N3Si/c1-18-17-23-21(19-9-11-20(12-10-19)26(2)3)7-6-8-22(23)24(18)28(4,5)27-15-13-25-14-16-27/h6-12,18,22-25H,13-17H2,1-5H3. The zero-order chi connectivity index (χ0) is 19.9. The largest absolute Gasteiger partial charge is 0.378 e. The molecule has 0 aromatic heterocycles. The molecule has 1 aromatic carbocycles. The number of hydrogen-bond donors (Lipinski definition) is 1. The first kappa shape index (κ1) is 19.9. The van der Waals surface area contributed by atoms with Crippen molar-refractivity contribution in [2.75, 3.05) is 45.2 Å².